The second-order valence-electron chi connectivity index (χ2n) is 7.65. The number of aryl methyl sites for hydroxylation is 1. The molecule has 3 rings (SSSR count). The molecule has 1 aromatic heterocycles. The molecule has 0 saturated carbocycles. The normalized spacial score (nSPS) is 19.4. The summed E-state index contributed by atoms with van der Waals surface area (Å²) in [5, 5.41) is 5.18. The maximum atomic E-state index is 13.5. The van der Waals surface area contributed by atoms with E-state index in [2.05, 4.69) is 5.10 Å². The van der Waals surface area contributed by atoms with Gasteiger partial charge in [0.15, 0.2) is 0 Å². The molecule has 0 amide bonds. The summed E-state index contributed by atoms with van der Waals surface area (Å²) in [4.78, 5) is 0.368. The van der Waals surface area contributed by atoms with E-state index in [-0.39, 0.29) is 12.0 Å². The monoisotopic (exact) mass is 409 g/mol. The van der Waals surface area contributed by atoms with Crippen LogP contribution < -0.4 is 0 Å². The third-order valence-electron chi connectivity index (χ3n) is 5.32. The molecule has 1 aliphatic rings. The lowest BCUT2D eigenvalue weighted by molar-refractivity contribution is 0.405. The zero-order valence-corrected chi connectivity index (χ0v) is 18.0. The summed E-state index contributed by atoms with van der Waals surface area (Å²) < 4.78 is 30.5. The zero-order valence-electron chi connectivity index (χ0n) is 16.4. The standard InChI is InChI=1S/C20H28ClN3O2S/c1-14(2)24-16(4)20(15(3)22-24)27(25,26)23-12-6-5-7-18(13-23)17-8-10-19(21)11-9-17/h8-11,14,18H,5-7,12-13H2,1-4H3. The lowest BCUT2D eigenvalue weighted by Crippen LogP contribution is -2.34. The first-order chi connectivity index (χ1) is 12.7. The van der Waals surface area contributed by atoms with E-state index in [1.165, 1.54) is 0 Å². The van der Waals surface area contributed by atoms with Crippen molar-refractivity contribution in [1.29, 1.82) is 0 Å². The number of aromatic nitrogens is 2. The van der Waals surface area contributed by atoms with Crippen molar-refractivity contribution in [2.24, 2.45) is 0 Å². The molecule has 1 aromatic carbocycles. The van der Waals surface area contributed by atoms with Crippen molar-refractivity contribution < 1.29 is 8.42 Å². The van der Waals surface area contributed by atoms with Crippen LogP contribution in [0.15, 0.2) is 29.2 Å². The van der Waals surface area contributed by atoms with Gasteiger partial charge in [0.2, 0.25) is 10.0 Å². The van der Waals surface area contributed by atoms with Gasteiger partial charge >= 0.3 is 0 Å². The molecule has 0 bridgehead atoms. The summed E-state index contributed by atoms with van der Waals surface area (Å²) in [6.45, 7) is 8.71. The Labute approximate surface area is 167 Å². The smallest absolute Gasteiger partial charge is 0.246 e. The molecule has 27 heavy (non-hydrogen) atoms. The van der Waals surface area contributed by atoms with E-state index in [0.717, 1.165) is 30.5 Å². The highest BCUT2D eigenvalue weighted by atomic mass is 35.5. The molecule has 0 aliphatic carbocycles. The van der Waals surface area contributed by atoms with Gasteiger partial charge in [0.05, 0.1) is 11.4 Å². The van der Waals surface area contributed by atoms with Gasteiger partial charge < -0.3 is 0 Å². The van der Waals surface area contributed by atoms with E-state index >= 15 is 0 Å². The maximum Gasteiger partial charge on any atom is 0.246 e. The van der Waals surface area contributed by atoms with Gasteiger partial charge in [-0.05, 0) is 64.2 Å². The van der Waals surface area contributed by atoms with Gasteiger partial charge in [0.25, 0.3) is 0 Å². The highest BCUT2D eigenvalue weighted by Gasteiger charge is 2.34. The van der Waals surface area contributed by atoms with Crippen LogP contribution in [-0.4, -0.2) is 35.6 Å². The molecule has 1 unspecified atom stereocenters. The van der Waals surface area contributed by atoms with Crippen LogP contribution in [0.25, 0.3) is 0 Å². The Morgan fingerprint density at radius 2 is 1.81 bits per heavy atom. The van der Waals surface area contributed by atoms with Crippen LogP contribution >= 0.6 is 11.6 Å². The Morgan fingerprint density at radius 1 is 1.15 bits per heavy atom. The average molecular weight is 410 g/mol. The lowest BCUT2D eigenvalue weighted by atomic mass is 9.95. The average Bonchev–Trinajstić information content (AvgIpc) is 2.78. The van der Waals surface area contributed by atoms with Crippen molar-refractivity contribution in [3.63, 3.8) is 0 Å². The van der Waals surface area contributed by atoms with E-state index < -0.39 is 10.0 Å². The SMILES string of the molecule is Cc1nn(C(C)C)c(C)c1S(=O)(=O)N1CCCCC(c2ccc(Cl)cc2)C1. The highest BCUT2D eigenvalue weighted by Crippen LogP contribution is 2.32. The Hall–Kier alpha value is -1.37. The fourth-order valence-electron chi connectivity index (χ4n) is 3.99. The minimum Gasteiger partial charge on any atom is -0.266 e. The molecule has 0 N–H and O–H groups in total. The van der Waals surface area contributed by atoms with Gasteiger partial charge in [0, 0.05) is 24.2 Å². The fraction of sp³-hybridized carbons (Fsp3) is 0.550. The van der Waals surface area contributed by atoms with Crippen LogP contribution in [0.5, 0.6) is 0 Å². The molecule has 7 heteroatoms. The second kappa shape index (κ2) is 7.94. The van der Waals surface area contributed by atoms with E-state index in [1.54, 1.807) is 15.9 Å². The summed E-state index contributed by atoms with van der Waals surface area (Å²) in [7, 11) is -3.58. The molecule has 2 heterocycles. The van der Waals surface area contributed by atoms with Gasteiger partial charge in [-0.3, -0.25) is 4.68 Å². The van der Waals surface area contributed by atoms with E-state index in [0.29, 0.717) is 28.7 Å². The minimum absolute atomic E-state index is 0.124. The molecule has 148 valence electrons. The van der Waals surface area contributed by atoms with Gasteiger partial charge in [-0.2, -0.15) is 9.40 Å². The summed E-state index contributed by atoms with van der Waals surface area (Å²) in [5.74, 6) is 0.181. The third-order valence-corrected chi connectivity index (χ3v) is 7.69. The summed E-state index contributed by atoms with van der Waals surface area (Å²) in [6, 6.07) is 7.90. The van der Waals surface area contributed by atoms with E-state index in [9.17, 15) is 8.42 Å². The Kier molecular flexibility index (Phi) is 5.99. The van der Waals surface area contributed by atoms with Gasteiger partial charge in [-0.15, -0.1) is 0 Å². The van der Waals surface area contributed by atoms with Crippen molar-refractivity contribution in [2.45, 2.75) is 63.8 Å². The topological polar surface area (TPSA) is 55.2 Å². The predicted octanol–water partition coefficient (Wildman–Crippen LogP) is 4.69. The van der Waals surface area contributed by atoms with Crippen molar-refractivity contribution in [1.82, 2.24) is 14.1 Å². The van der Waals surface area contributed by atoms with E-state index in [1.807, 2.05) is 45.0 Å². The molecule has 1 saturated heterocycles. The van der Waals surface area contributed by atoms with Crippen molar-refractivity contribution in [3.05, 3.63) is 46.2 Å². The zero-order chi connectivity index (χ0) is 19.8. The van der Waals surface area contributed by atoms with Crippen molar-refractivity contribution in [2.75, 3.05) is 13.1 Å². The van der Waals surface area contributed by atoms with Gasteiger partial charge in [0.1, 0.15) is 4.90 Å². The molecule has 1 aliphatic heterocycles. The largest absolute Gasteiger partial charge is 0.266 e. The summed E-state index contributed by atoms with van der Waals surface area (Å²) in [5.41, 5.74) is 2.44. The summed E-state index contributed by atoms with van der Waals surface area (Å²) in [6.07, 6.45) is 2.87. The first kappa shape index (κ1) is 20.4. The van der Waals surface area contributed by atoms with Gasteiger partial charge in [-0.1, -0.05) is 30.2 Å². The van der Waals surface area contributed by atoms with Crippen LogP contribution in [0.1, 0.15) is 62.0 Å². The predicted molar refractivity (Wildman–Crippen MR) is 109 cm³/mol. The Bertz CT molecular complexity index is 904. The number of sulfonamides is 1. The first-order valence-corrected chi connectivity index (χ1v) is 11.3. The number of benzene rings is 1. The number of hydrogen-bond acceptors (Lipinski definition) is 3. The molecule has 1 atom stereocenters. The molecular formula is C20H28ClN3O2S. The second-order valence-corrected chi connectivity index (χ2v) is 9.96. The molecule has 0 radical (unpaired) electrons. The highest BCUT2D eigenvalue weighted by molar-refractivity contribution is 7.89. The lowest BCUT2D eigenvalue weighted by Gasteiger charge is -2.24. The third kappa shape index (κ3) is 4.08. The quantitative estimate of drug-likeness (QED) is 0.735. The number of hydrogen-bond donors (Lipinski definition) is 0. The number of nitrogens with zero attached hydrogens (tertiary/aromatic N) is 3. The summed E-state index contributed by atoms with van der Waals surface area (Å²) >= 11 is 6.01. The molecule has 1 fully saturated rings. The van der Waals surface area contributed by atoms with Crippen LogP contribution in [0.4, 0.5) is 0 Å². The van der Waals surface area contributed by atoms with Crippen LogP contribution in [0.2, 0.25) is 5.02 Å². The van der Waals surface area contributed by atoms with Gasteiger partial charge in [-0.25, -0.2) is 8.42 Å². The van der Waals surface area contributed by atoms with Crippen molar-refractivity contribution >= 4 is 21.6 Å². The molecule has 5 nitrogen and oxygen atoms in total. The Morgan fingerprint density at radius 3 is 2.41 bits per heavy atom. The number of rotatable bonds is 4. The Balaban J connectivity index is 1.95. The molecule has 2 aromatic rings. The van der Waals surface area contributed by atoms with Crippen LogP contribution in [0.3, 0.4) is 0 Å². The van der Waals surface area contributed by atoms with Crippen LogP contribution in [0, 0.1) is 13.8 Å². The number of halogens is 1. The van der Waals surface area contributed by atoms with E-state index in [4.69, 9.17) is 11.6 Å². The minimum atomic E-state index is -3.58. The van der Waals surface area contributed by atoms with Crippen molar-refractivity contribution in [3.8, 4) is 0 Å². The maximum absolute atomic E-state index is 13.5. The van der Waals surface area contributed by atoms with Crippen LogP contribution in [-0.2, 0) is 10.0 Å². The molecular weight excluding hydrogens is 382 g/mol. The fourth-order valence-corrected chi connectivity index (χ4v) is 6.00. The molecule has 0 spiro atoms. The first-order valence-electron chi connectivity index (χ1n) is 9.53.